The molecule has 1 amide bonds. The number of amides is 1. The summed E-state index contributed by atoms with van der Waals surface area (Å²) in [6, 6.07) is 17.5. The van der Waals surface area contributed by atoms with E-state index in [1.165, 1.54) is 11.8 Å². The van der Waals surface area contributed by atoms with Gasteiger partial charge in [-0.1, -0.05) is 48.2 Å². The van der Waals surface area contributed by atoms with Crippen molar-refractivity contribution in [3.05, 3.63) is 60.8 Å². The summed E-state index contributed by atoms with van der Waals surface area (Å²) in [5.41, 5.74) is 2.71. The van der Waals surface area contributed by atoms with Gasteiger partial charge in [0.25, 0.3) is 11.1 Å². The first-order chi connectivity index (χ1) is 13.1. The number of H-pyrrole nitrogens is 1. The van der Waals surface area contributed by atoms with Crippen LogP contribution in [-0.4, -0.2) is 33.4 Å². The zero-order chi connectivity index (χ0) is 18.8. The first-order valence-corrected chi connectivity index (χ1v) is 9.40. The molecule has 0 radical (unpaired) electrons. The molecule has 2 heterocycles. The Bertz CT molecular complexity index is 1070. The first kappa shape index (κ1) is 17.4. The molecule has 0 aliphatic heterocycles. The van der Waals surface area contributed by atoms with Gasteiger partial charge in [-0.25, -0.2) is 0 Å². The fourth-order valence-electron chi connectivity index (χ4n) is 2.87. The van der Waals surface area contributed by atoms with E-state index in [1.54, 1.807) is 11.9 Å². The largest absolute Gasteiger partial charge is 0.411 e. The number of para-hydroxylation sites is 2. The van der Waals surface area contributed by atoms with Gasteiger partial charge in [-0.05, 0) is 25.1 Å². The van der Waals surface area contributed by atoms with Crippen molar-refractivity contribution >= 4 is 34.3 Å². The summed E-state index contributed by atoms with van der Waals surface area (Å²) < 4.78 is 5.79. The van der Waals surface area contributed by atoms with Crippen molar-refractivity contribution in [3.8, 4) is 11.5 Å². The molecule has 27 heavy (non-hydrogen) atoms. The van der Waals surface area contributed by atoms with Crippen molar-refractivity contribution in [1.29, 1.82) is 0 Å². The third-order valence-corrected chi connectivity index (χ3v) is 5.25. The fraction of sp³-hybridized carbons (Fsp3) is 0.150. The predicted molar refractivity (Wildman–Crippen MR) is 107 cm³/mol. The number of hydrogen-bond acceptors (Lipinski definition) is 5. The van der Waals surface area contributed by atoms with Gasteiger partial charge in [0.2, 0.25) is 5.91 Å². The number of carbonyl (C=O) groups is 1. The molecule has 4 rings (SSSR count). The Morgan fingerprint density at radius 3 is 2.67 bits per heavy atom. The average molecular weight is 378 g/mol. The molecule has 136 valence electrons. The van der Waals surface area contributed by atoms with E-state index in [4.69, 9.17) is 4.42 Å². The number of nitrogens with zero attached hydrogens (tertiary/aromatic N) is 3. The van der Waals surface area contributed by atoms with Crippen LogP contribution in [0.5, 0.6) is 0 Å². The lowest BCUT2D eigenvalue weighted by Gasteiger charge is -2.20. The second-order valence-electron chi connectivity index (χ2n) is 6.11. The molecule has 0 saturated heterocycles. The Labute approximate surface area is 160 Å². The molecule has 0 unspecified atom stereocenters. The SMILES string of the molecule is C[C@@H](Sc1nnc(-c2c[nH]c3ccccc23)o1)C(=O)N(C)c1ccccc1. The van der Waals surface area contributed by atoms with Gasteiger partial charge in [0.15, 0.2) is 0 Å². The lowest BCUT2D eigenvalue weighted by Crippen LogP contribution is -2.33. The van der Waals surface area contributed by atoms with Crippen LogP contribution in [-0.2, 0) is 4.79 Å². The highest BCUT2D eigenvalue weighted by Crippen LogP contribution is 2.31. The molecular formula is C20H18N4O2S. The number of aromatic amines is 1. The van der Waals surface area contributed by atoms with Crippen LogP contribution in [0.2, 0.25) is 0 Å². The van der Waals surface area contributed by atoms with E-state index in [2.05, 4.69) is 15.2 Å². The van der Waals surface area contributed by atoms with Crippen LogP contribution in [0, 0.1) is 0 Å². The van der Waals surface area contributed by atoms with Crippen LogP contribution < -0.4 is 4.90 Å². The minimum Gasteiger partial charge on any atom is -0.411 e. The predicted octanol–water partition coefficient (Wildman–Crippen LogP) is 4.36. The smallest absolute Gasteiger partial charge is 0.277 e. The molecule has 0 aliphatic carbocycles. The third-order valence-electron chi connectivity index (χ3n) is 4.33. The highest BCUT2D eigenvalue weighted by Gasteiger charge is 2.23. The maximum Gasteiger partial charge on any atom is 0.277 e. The Morgan fingerprint density at radius 2 is 1.85 bits per heavy atom. The van der Waals surface area contributed by atoms with Crippen molar-refractivity contribution in [3.63, 3.8) is 0 Å². The van der Waals surface area contributed by atoms with E-state index in [0.29, 0.717) is 11.1 Å². The van der Waals surface area contributed by atoms with Gasteiger partial charge in [0.05, 0.1) is 10.8 Å². The summed E-state index contributed by atoms with van der Waals surface area (Å²) in [4.78, 5) is 17.5. The van der Waals surface area contributed by atoms with E-state index in [1.807, 2.05) is 67.7 Å². The molecule has 0 fully saturated rings. The van der Waals surface area contributed by atoms with Gasteiger partial charge in [-0.2, -0.15) is 0 Å². The second-order valence-corrected chi connectivity index (χ2v) is 7.41. The van der Waals surface area contributed by atoms with E-state index in [-0.39, 0.29) is 11.2 Å². The number of aromatic nitrogens is 3. The zero-order valence-electron chi connectivity index (χ0n) is 14.9. The Morgan fingerprint density at radius 1 is 1.11 bits per heavy atom. The maximum absolute atomic E-state index is 12.7. The van der Waals surface area contributed by atoms with Gasteiger partial charge in [-0.15, -0.1) is 10.2 Å². The number of carbonyl (C=O) groups excluding carboxylic acids is 1. The van der Waals surface area contributed by atoms with Crippen molar-refractivity contribution in [1.82, 2.24) is 15.2 Å². The van der Waals surface area contributed by atoms with Crippen LogP contribution in [0.3, 0.4) is 0 Å². The van der Waals surface area contributed by atoms with Crippen LogP contribution >= 0.6 is 11.8 Å². The van der Waals surface area contributed by atoms with E-state index in [0.717, 1.165) is 22.2 Å². The molecule has 0 aliphatic rings. The van der Waals surface area contributed by atoms with E-state index < -0.39 is 0 Å². The molecule has 6 nitrogen and oxygen atoms in total. The maximum atomic E-state index is 12.7. The summed E-state index contributed by atoms with van der Waals surface area (Å²) in [6.07, 6.45) is 1.85. The van der Waals surface area contributed by atoms with E-state index >= 15 is 0 Å². The summed E-state index contributed by atoms with van der Waals surface area (Å²) in [7, 11) is 1.76. The third kappa shape index (κ3) is 3.46. The molecule has 0 spiro atoms. The van der Waals surface area contributed by atoms with Gasteiger partial charge < -0.3 is 14.3 Å². The quantitative estimate of drug-likeness (QED) is 0.522. The van der Waals surface area contributed by atoms with Crippen molar-refractivity contribution in [2.45, 2.75) is 17.4 Å². The molecule has 4 aromatic rings. The summed E-state index contributed by atoms with van der Waals surface area (Å²) >= 11 is 1.26. The molecule has 2 aromatic carbocycles. The number of anilines is 1. The number of benzene rings is 2. The fourth-order valence-corrected chi connectivity index (χ4v) is 3.64. The summed E-state index contributed by atoms with van der Waals surface area (Å²) in [5.74, 6) is 0.407. The number of hydrogen-bond donors (Lipinski definition) is 1. The Balaban J connectivity index is 1.50. The Hall–Kier alpha value is -3.06. The molecule has 2 aromatic heterocycles. The van der Waals surface area contributed by atoms with Crippen LogP contribution in [0.15, 0.2) is 70.4 Å². The van der Waals surface area contributed by atoms with Gasteiger partial charge in [0, 0.05) is 29.8 Å². The summed E-state index contributed by atoms with van der Waals surface area (Å²) in [6.45, 7) is 1.84. The van der Waals surface area contributed by atoms with E-state index in [9.17, 15) is 4.79 Å². The Kier molecular flexibility index (Phi) is 4.68. The molecule has 0 saturated carbocycles. The molecule has 0 bridgehead atoms. The number of fused-ring (bicyclic) bond motifs is 1. The van der Waals surface area contributed by atoms with Gasteiger partial charge in [-0.3, -0.25) is 4.79 Å². The van der Waals surface area contributed by atoms with Crippen LogP contribution in [0.25, 0.3) is 22.4 Å². The monoisotopic (exact) mass is 378 g/mol. The first-order valence-electron chi connectivity index (χ1n) is 8.53. The second kappa shape index (κ2) is 7.28. The topological polar surface area (TPSA) is 75.0 Å². The van der Waals surface area contributed by atoms with Crippen molar-refractivity contribution in [2.75, 3.05) is 11.9 Å². The minimum atomic E-state index is -0.355. The minimum absolute atomic E-state index is 0.0296. The van der Waals surface area contributed by atoms with Crippen LogP contribution in [0.1, 0.15) is 6.92 Å². The standard InChI is InChI=1S/C20H18N4O2S/c1-13(19(25)24(2)14-8-4-3-5-9-14)27-20-23-22-18(26-20)16-12-21-17-11-7-6-10-15(16)17/h3-13,21H,1-2H3/t13-/m1/s1. The van der Waals surface area contributed by atoms with Crippen molar-refractivity contribution < 1.29 is 9.21 Å². The average Bonchev–Trinajstić information content (AvgIpc) is 3.34. The molecular weight excluding hydrogens is 360 g/mol. The normalized spacial score (nSPS) is 12.2. The molecule has 1 atom stereocenters. The lowest BCUT2D eigenvalue weighted by molar-refractivity contribution is -0.117. The summed E-state index contributed by atoms with van der Waals surface area (Å²) in [5, 5.41) is 9.27. The van der Waals surface area contributed by atoms with Crippen LogP contribution in [0.4, 0.5) is 5.69 Å². The van der Waals surface area contributed by atoms with Gasteiger partial charge in [0.1, 0.15) is 0 Å². The van der Waals surface area contributed by atoms with Gasteiger partial charge >= 0.3 is 0 Å². The molecule has 7 heteroatoms. The number of nitrogens with one attached hydrogen (secondary N) is 1. The number of thioether (sulfide) groups is 1. The lowest BCUT2D eigenvalue weighted by atomic mass is 10.2. The molecule has 1 N–H and O–H groups in total. The van der Waals surface area contributed by atoms with Crippen molar-refractivity contribution in [2.24, 2.45) is 0 Å². The highest BCUT2D eigenvalue weighted by atomic mass is 32.2. The highest BCUT2D eigenvalue weighted by molar-refractivity contribution is 8.00. The number of rotatable bonds is 5. The zero-order valence-corrected chi connectivity index (χ0v) is 15.7.